The summed E-state index contributed by atoms with van der Waals surface area (Å²) in [6, 6.07) is 25.3. The van der Waals surface area contributed by atoms with Crippen molar-refractivity contribution in [2.75, 3.05) is 6.61 Å². The largest absolute Gasteiger partial charge is 0.394 e. The van der Waals surface area contributed by atoms with Gasteiger partial charge in [-0.05, 0) is 12.1 Å². The SMILES string of the molecule is OCC1OC(c2ccccc2)OC2C(Cc3ccccn3)OC(c3ccccc3)OC12. The first-order valence-electron chi connectivity index (χ1n) is 10.5. The molecule has 0 saturated carbocycles. The number of ether oxygens (including phenoxy) is 4. The summed E-state index contributed by atoms with van der Waals surface area (Å²) < 4.78 is 25.1. The van der Waals surface area contributed by atoms with Gasteiger partial charge in [-0.25, -0.2) is 0 Å². The Morgan fingerprint density at radius 2 is 1.19 bits per heavy atom. The number of hydrogen-bond donors (Lipinski definition) is 1. The van der Waals surface area contributed by atoms with E-state index in [0.29, 0.717) is 6.42 Å². The topological polar surface area (TPSA) is 70.0 Å². The molecule has 160 valence electrons. The number of aromatic nitrogens is 1. The van der Waals surface area contributed by atoms with Crippen molar-refractivity contribution in [1.29, 1.82) is 0 Å². The summed E-state index contributed by atoms with van der Waals surface area (Å²) in [4.78, 5) is 4.47. The van der Waals surface area contributed by atoms with Gasteiger partial charge in [0.2, 0.25) is 0 Å². The van der Waals surface area contributed by atoms with Crippen LogP contribution in [-0.2, 0) is 25.4 Å². The highest BCUT2D eigenvalue weighted by Crippen LogP contribution is 2.41. The number of rotatable bonds is 5. The zero-order valence-corrected chi connectivity index (χ0v) is 17.0. The van der Waals surface area contributed by atoms with Gasteiger partial charge in [-0.3, -0.25) is 4.98 Å². The molecule has 0 aliphatic carbocycles. The van der Waals surface area contributed by atoms with Crippen molar-refractivity contribution < 1.29 is 24.1 Å². The standard InChI is InChI=1S/C25H25NO5/c27-16-21-23-22(30-25(29-21)18-11-5-2-6-12-18)20(15-19-13-7-8-14-26-19)28-24(31-23)17-9-3-1-4-10-17/h1-14,20-25,27H,15-16H2. The van der Waals surface area contributed by atoms with E-state index in [1.54, 1.807) is 6.20 Å². The Balaban J connectivity index is 1.46. The molecule has 6 atom stereocenters. The monoisotopic (exact) mass is 419 g/mol. The van der Waals surface area contributed by atoms with Crippen LogP contribution < -0.4 is 0 Å². The Hall–Kier alpha value is -2.61. The van der Waals surface area contributed by atoms with Crippen LogP contribution in [0, 0.1) is 0 Å². The molecule has 2 aliphatic rings. The smallest absolute Gasteiger partial charge is 0.184 e. The predicted molar refractivity (Wildman–Crippen MR) is 113 cm³/mol. The lowest BCUT2D eigenvalue weighted by atomic mass is 9.95. The van der Waals surface area contributed by atoms with E-state index in [1.807, 2.05) is 78.9 Å². The summed E-state index contributed by atoms with van der Waals surface area (Å²) in [5.41, 5.74) is 2.71. The summed E-state index contributed by atoms with van der Waals surface area (Å²) in [5, 5.41) is 10.1. The minimum Gasteiger partial charge on any atom is -0.394 e. The van der Waals surface area contributed by atoms with Crippen LogP contribution in [0.15, 0.2) is 85.1 Å². The number of benzene rings is 2. The second kappa shape index (κ2) is 9.26. The van der Waals surface area contributed by atoms with Crippen molar-refractivity contribution >= 4 is 0 Å². The van der Waals surface area contributed by atoms with Gasteiger partial charge in [0.05, 0.1) is 12.7 Å². The molecule has 6 nitrogen and oxygen atoms in total. The van der Waals surface area contributed by atoms with Gasteiger partial charge in [-0.2, -0.15) is 0 Å². The molecule has 6 unspecified atom stereocenters. The van der Waals surface area contributed by atoms with E-state index in [-0.39, 0.29) is 12.7 Å². The highest BCUT2D eigenvalue weighted by molar-refractivity contribution is 5.19. The minimum absolute atomic E-state index is 0.175. The molecule has 1 N–H and O–H groups in total. The molecule has 0 radical (unpaired) electrons. The van der Waals surface area contributed by atoms with Crippen LogP contribution in [0.5, 0.6) is 0 Å². The quantitative estimate of drug-likeness (QED) is 0.682. The third-order valence-corrected chi connectivity index (χ3v) is 5.67. The molecule has 1 aromatic heterocycles. The van der Waals surface area contributed by atoms with E-state index in [9.17, 15) is 5.11 Å². The van der Waals surface area contributed by atoms with Crippen molar-refractivity contribution in [3.8, 4) is 0 Å². The highest BCUT2D eigenvalue weighted by atomic mass is 16.8. The summed E-state index contributed by atoms with van der Waals surface area (Å²) in [7, 11) is 0. The summed E-state index contributed by atoms with van der Waals surface area (Å²) in [5.74, 6) is 0. The average Bonchev–Trinajstić information content (AvgIpc) is 2.85. The van der Waals surface area contributed by atoms with Crippen molar-refractivity contribution in [3.05, 3.63) is 102 Å². The Bertz CT molecular complexity index is 955. The summed E-state index contributed by atoms with van der Waals surface area (Å²) >= 11 is 0. The molecular weight excluding hydrogens is 394 g/mol. The maximum absolute atomic E-state index is 10.1. The molecule has 6 heteroatoms. The lowest BCUT2D eigenvalue weighted by Gasteiger charge is -2.49. The number of pyridine rings is 1. The molecule has 3 heterocycles. The molecule has 2 saturated heterocycles. The maximum atomic E-state index is 10.1. The van der Waals surface area contributed by atoms with Gasteiger partial charge in [0, 0.05) is 29.4 Å². The van der Waals surface area contributed by atoms with Gasteiger partial charge < -0.3 is 24.1 Å². The third kappa shape index (κ3) is 4.39. The Labute approximate surface area is 181 Å². The number of aliphatic hydroxyl groups excluding tert-OH is 1. The third-order valence-electron chi connectivity index (χ3n) is 5.67. The minimum atomic E-state index is -0.605. The molecule has 0 amide bonds. The Morgan fingerprint density at radius 1 is 0.645 bits per heavy atom. The van der Waals surface area contributed by atoms with Crippen LogP contribution in [0.2, 0.25) is 0 Å². The molecular formula is C25H25NO5. The summed E-state index contributed by atoms with van der Waals surface area (Å²) in [6.45, 7) is -0.175. The van der Waals surface area contributed by atoms with Gasteiger partial charge in [0.25, 0.3) is 0 Å². The molecule has 3 aromatic rings. The van der Waals surface area contributed by atoms with E-state index in [1.165, 1.54) is 0 Å². The molecule has 5 rings (SSSR count). The average molecular weight is 419 g/mol. The Kier molecular flexibility index (Phi) is 6.06. The van der Waals surface area contributed by atoms with Crippen molar-refractivity contribution in [3.63, 3.8) is 0 Å². The lowest BCUT2D eigenvalue weighted by molar-refractivity contribution is -0.384. The fourth-order valence-corrected chi connectivity index (χ4v) is 4.15. The van der Waals surface area contributed by atoms with E-state index in [4.69, 9.17) is 18.9 Å². The van der Waals surface area contributed by atoms with E-state index >= 15 is 0 Å². The first-order valence-corrected chi connectivity index (χ1v) is 10.5. The van der Waals surface area contributed by atoms with Crippen LogP contribution in [0.1, 0.15) is 29.4 Å². The second-order valence-electron chi connectivity index (χ2n) is 7.74. The zero-order valence-electron chi connectivity index (χ0n) is 17.0. The predicted octanol–water partition coefficient (Wildman–Crippen LogP) is 3.58. The first kappa shape index (κ1) is 20.3. The highest BCUT2D eigenvalue weighted by Gasteiger charge is 2.50. The lowest BCUT2D eigenvalue weighted by Crippen LogP contribution is -2.59. The second-order valence-corrected chi connectivity index (χ2v) is 7.74. The van der Waals surface area contributed by atoms with Crippen LogP contribution in [0.3, 0.4) is 0 Å². The number of hydrogen-bond acceptors (Lipinski definition) is 6. The van der Waals surface area contributed by atoms with E-state index in [2.05, 4.69) is 4.98 Å². The number of nitrogens with zero attached hydrogens (tertiary/aromatic N) is 1. The van der Waals surface area contributed by atoms with Crippen molar-refractivity contribution in [2.24, 2.45) is 0 Å². The van der Waals surface area contributed by atoms with Crippen LogP contribution in [-0.4, -0.2) is 41.1 Å². The fraction of sp³-hybridized carbons (Fsp3) is 0.320. The molecule has 2 aromatic carbocycles. The Morgan fingerprint density at radius 3 is 1.74 bits per heavy atom. The molecule has 0 bridgehead atoms. The van der Waals surface area contributed by atoms with Gasteiger partial charge in [-0.15, -0.1) is 0 Å². The van der Waals surface area contributed by atoms with E-state index in [0.717, 1.165) is 16.8 Å². The molecule has 2 fully saturated rings. The molecule has 2 aliphatic heterocycles. The van der Waals surface area contributed by atoms with Crippen LogP contribution in [0.25, 0.3) is 0 Å². The summed E-state index contributed by atoms with van der Waals surface area (Å²) in [6.07, 6.45) is -0.593. The first-order chi connectivity index (χ1) is 15.3. The van der Waals surface area contributed by atoms with Gasteiger partial charge >= 0.3 is 0 Å². The van der Waals surface area contributed by atoms with E-state index < -0.39 is 30.9 Å². The van der Waals surface area contributed by atoms with Crippen LogP contribution in [0.4, 0.5) is 0 Å². The zero-order chi connectivity index (χ0) is 21.0. The number of fused-ring (bicyclic) bond motifs is 1. The molecule has 31 heavy (non-hydrogen) atoms. The van der Waals surface area contributed by atoms with Gasteiger partial charge in [0.1, 0.15) is 18.3 Å². The van der Waals surface area contributed by atoms with Gasteiger partial charge in [-0.1, -0.05) is 66.7 Å². The van der Waals surface area contributed by atoms with Gasteiger partial charge in [0.15, 0.2) is 12.6 Å². The number of aliphatic hydroxyl groups is 1. The van der Waals surface area contributed by atoms with Crippen molar-refractivity contribution in [1.82, 2.24) is 4.98 Å². The fourth-order valence-electron chi connectivity index (χ4n) is 4.15. The maximum Gasteiger partial charge on any atom is 0.184 e. The normalized spacial score (nSPS) is 30.5. The molecule has 0 spiro atoms. The van der Waals surface area contributed by atoms with Crippen LogP contribution >= 0.6 is 0 Å². The van der Waals surface area contributed by atoms with Crippen molar-refractivity contribution in [2.45, 2.75) is 43.4 Å².